The van der Waals surface area contributed by atoms with E-state index in [4.69, 9.17) is 4.98 Å². The molecule has 2 nitrogen and oxygen atoms in total. The van der Waals surface area contributed by atoms with Crippen molar-refractivity contribution in [1.29, 1.82) is 0 Å². The average molecular weight is 301 g/mol. The summed E-state index contributed by atoms with van der Waals surface area (Å²) in [5, 5.41) is 0.947. The minimum Gasteiger partial charge on any atom is -0.289 e. The Morgan fingerprint density at radius 2 is 1.65 bits per heavy atom. The van der Waals surface area contributed by atoms with Gasteiger partial charge in [-0.2, -0.15) is 0 Å². The third kappa shape index (κ3) is 2.65. The lowest BCUT2D eigenvalue weighted by atomic mass is 9.97. The average Bonchev–Trinajstić information content (AvgIpc) is 3.15. The highest BCUT2D eigenvalue weighted by atomic mass is 16.1. The van der Waals surface area contributed by atoms with E-state index < -0.39 is 0 Å². The van der Waals surface area contributed by atoms with Crippen molar-refractivity contribution in [3.8, 4) is 0 Å². The first-order valence-electron chi connectivity index (χ1n) is 8.32. The topological polar surface area (TPSA) is 30.0 Å². The number of carbonyl (C=O) groups excluding carboxylic acids is 1. The molecule has 0 bridgehead atoms. The summed E-state index contributed by atoms with van der Waals surface area (Å²) in [5.74, 6) is 0.652. The van der Waals surface area contributed by atoms with Crippen LogP contribution in [0.5, 0.6) is 0 Å². The van der Waals surface area contributed by atoms with Crippen LogP contribution < -0.4 is 0 Å². The van der Waals surface area contributed by atoms with Gasteiger partial charge < -0.3 is 0 Å². The van der Waals surface area contributed by atoms with Gasteiger partial charge in [-0.3, -0.25) is 9.78 Å². The Bertz CT molecular complexity index is 848. The molecule has 4 rings (SSSR count). The van der Waals surface area contributed by atoms with Crippen molar-refractivity contribution < 1.29 is 4.79 Å². The maximum atomic E-state index is 12.8. The molecule has 1 fully saturated rings. The maximum absolute atomic E-state index is 12.8. The molecule has 1 saturated carbocycles. The number of carbonyl (C=O) groups is 1. The molecular formula is C21H19NO. The van der Waals surface area contributed by atoms with E-state index in [-0.39, 0.29) is 5.78 Å². The van der Waals surface area contributed by atoms with Gasteiger partial charge in [-0.05, 0) is 25.0 Å². The summed E-state index contributed by atoms with van der Waals surface area (Å²) in [6.45, 7) is 0. The number of pyridine rings is 1. The molecular weight excluding hydrogens is 282 g/mol. The lowest BCUT2D eigenvalue weighted by Crippen LogP contribution is -2.03. The van der Waals surface area contributed by atoms with Gasteiger partial charge in [-0.25, -0.2) is 0 Å². The summed E-state index contributed by atoms with van der Waals surface area (Å²) in [6.07, 6.45) is 5.08. The summed E-state index contributed by atoms with van der Waals surface area (Å²) >= 11 is 0. The number of ketones is 1. The number of hydrogen-bond acceptors (Lipinski definition) is 2. The standard InChI is InChI=1S/C21H19NO/c23-21(16-9-2-1-3-10-16)18-11-6-12-20-17(18)13-14-19(22-20)15-7-4-5-8-15/h1-3,6,9-15H,4-5,7-8H2. The maximum Gasteiger partial charge on any atom is 0.193 e. The molecule has 1 heterocycles. The zero-order chi connectivity index (χ0) is 15.6. The first-order chi connectivity index (χ1) is 11.3. The van der Waals surface area contributed by atoms with Crippen LogP contribution in [0.25, 0.3) is 10.9 Å². The second-order valence-electron chi connectivity index (χ2n) is 6.28. The molecule has 0 spiro atoms. The van der Waals surface area contributed by atoms with E-state index >= 15 is 0 Å². The fourth-order valence-electron chi connectivity index (χ4n) is 3.56. The minimum atomic E-state index is 0.0617. The fourth-order valence-corrected chi connectivity index (χ4v) is 3.56. The molecule has 2 aromatic carbocycles. The van der Waals surface area contributed by atoms with Gasteiger partial charge in [-0.15, -0.1) is 0 Å². The smallest absolute Gasteiger partial charge is 0.193 e. The molecule has 2 heteroatoms. The highest BCUT2D eigenvalue weighted by Crippen LogP contribution is 2.34. The van der Waals surface area contributed by atoms with Crippen LogP contribution in [0.3, 0.4) is 0 Å². The molecule has 0 amide bonds. The van der Waals surface area contributed by atoms with Crippen molar-refractivity contribution in [2.75, 3.05) is 0 Å². The van der Waals surface area contributed by atoms with E-state index in [9.17, 15) is 4.79 Å². The van der Waals surface area contributed by atoms with E-state index in [1.54, 1.807) is 0 Å². The molecule has 0 radical (unpaired) electrons. The van der Waals surface area contributed by atoms with Crippen LogP contribution in [0.1, 0.15) is 53.2 Å². The molecule has 114 valence electrons. The van der Waals surface area contributed by atoms with Gasteiger partial charge in [0, 0.05) is 28.1 Å². The predicted octanol–water partition coefficient (Wildman–Crippen LogP) is 5.12. The fraction of sp³-hybridized carbons (Fsp3) is 0.238. The van der Waals surface area contributed by atoms with Crippen LogP contribution in [0, 0.1) is 0 Å². The summed E-state index contributed by atoms with van der Waals surface area (Å²) in [4.78, 5) is 17.6. The molecule has 0 aliphatic heterocycles. The number of hydrogen-bond donors (Lipinski definition) is 0. The molecule has 1 aliphatic carbocycles. The highest BCUT2D eigenvalue weighted by Gasteiger charge is 2.19. The van der Waals surface area contributed by atoms with Crippen molar-refractivity contribution in [1.82, 2.24) is 4.98 Å². The molecule has 23 heavy (non-hydrogen) atoms. The lowest BCUT2D eigenvalue weighted by molar-refractivity contribution is 0.104. The summed E-state index contributed by atoms with van der Waals surface area (Å²) < 4.78 is 0. The van der Waals surface area contributed by atoms with Gasteiger partial charge in [0.2, 0.25) is 0 Å². The summed E-state index contributed by atoms with van der Waals surface area (Å²) in [5.41, 5.74) is 3.56. The van der Waals surface area contributed by atoms with Crippen LogP contribution in [0.4, 0.5) is 0 Å². The quantitative estimate of drug-likeness (QED) is 0.628. The zero-order valence-corrected chi connectivity index (χ0v) is 13.0. The van der Waals surface area contributed by atoms with Gasteiger partial charge in [0.15, 0.2) is 5.78 Å². The second-order valence-corrected chi connectivity index (χ2v) is 6.28. The molecule has 0 atom stereocenters. The van der Waals surface area contributed by atoms with Crippen LogP contribution in [0.2, 0.25) is 0 Å². The normalized spacial score (nSPS) is 15.1. The van der Waals surface area contributed by atoms with E-state index in [0.717, 1.165) is 22.0 Å². The number of rotatable bonds is 3. The number of fused-ring (bicyclic) bond motifs is 1. The molecule has 3 aromatic rings. The van der Waals surface area contributed by atoms with Crippen molar-refractivity contribution in [2.45, 2.75) is 31.6 Å². The lowest BCUT2D eigenvalue weighted by Gasteiger charge is -2.11. The molecule has 0 unspecified atom stereocenters. The Balaban J connectivity index is 1.77. The van der Waals surface area contributed by atoms with Gasteiger partial charge >= 0.3 is 0 Å². The van der Waals surface area contributed by atoms with Crippen molar-refractivity contribution in [3.63, 3.8) is 0 Å². The third-order valence-electron chi connectivity index (χ3n) is 4.81. The van der Waals surface area contributed by atoms with E-state index in [1.165, 1.54) is 31.4 Å². The largest absolute Gasteiger partial charge is 0.289 e. The summed E-state index contributed by atoms with van der Waals surface area (Å²) in [7, 11) is 0. The minimum absolute atomic E-state index is 0.0617. The Morgan fingerprint density at radius 3 is 2.43 bits per heavy atom. The first-order valence-corrected chi connectivity index (χ1v) is 8.32. The second kappa shape index (κ2) is 5.96. The first kappa shape index (κ1) is 14.1. The van der Waals surface area contributed by atoms with E-state index in [1.807, 2.05) is 48.5 Å². The predicted molar refractivity (Wildman–Crippen MR) is 92.8 cm³/mol. The van der Waals surface area contributed by atoms with Gasteiger partial charge in [0.05, 0.1) is 5.52 Å². The van der Waals surface area contributed by atoms with Crippen LogP contribution in [-0.2, 0) is 0 Å². The number of aromatic nitrogens is 1. The van der Waals surface area contributed by atoms with Crippen molar-refractivity contribution >= 4 is 16.7 Å². The Kier molecular flexibility index (Phi) is 3.66. The third-order valence-corrected chi connectivity index (χ3v) is 4.81. The van der Waals surface area contributed by atoms with Crippen molar-refractivity contribution in [2.24, 2.45) is 0 Å². The molecule has 0 N–H and O–H groups in total. The zero-order valence-electron chi connectivity index (χ0n) is 13.0. The number of nitrogens with zero attached hydrogens (tertiary/aromatic N) is 1. The van der Waals surface area contributed by atoms with E-state index in [0.29, 0.717) is 5.92 Å². The molecule has 1 aromatic heterocycles. The highest BCUT2D eigenvalue weighted by molar-refractivity contribution is 6.15. The van der Waals surface area contributed by atoms with Crippen LogP contribution >= 0.6 is 0 Å². The van der Waals surface area contributed by atoms with Crippen molar-refractivity contribution in [3.05, 3.63) is 77.5 Å². The van der Waals surface area contributed by atoms with Gasteiger partial charge in [0.25, 0.3) is 0 Å². The Hall–Kier alpha value is -2.48. The van der Waals surface area contributed by atoms with Gasteiger partial charge in [0.1, 0.15) is 0 Å². The van der Waals surface area contributed by atoms with Gasteiger partial charge in [-0.1, -0.05) is 61.4 Å². The molecule has 0 saturated heterocycles. The molecule has 1 aliphatic rings. The number of benzene rings is 2. The van der Waals surface area contributed by atoms with Crippen LogP contribution in [0.15, 0.2) is 60.7 Å². The SMILES string of the molecule is O=C(c1ccccc1)c1cccc2nc(C3CCCC3)ccc12. The van der Waals surface area contributed by atoms with E-state index in [2.05, 4.69) is 12.1 Å². The summed E-state index contributed by atoms with van der Waals surface area (Å²) in [6, 6.07) is 19.5. The van der Waals surface area contributed by atoms with Crippen LogP contribution in [-0.4, -0.2) is 10.8 Å². The monoisotopic (exact) mass is 301 g/mol. The Labute approximate surface area is 136 Å². The Morgan fingerprint density at radius 1 is 0.870 bits per heavy atom.